The van der Waals surface area contributed by atoms with Gasteiger partial charge in [-0.15, -0.1) is 11.3 Å². The molecule has 1 unspecified atom stereocenters. The summed E-state index contributed by atoms with van der Waals surface area (Å²) >= 11 is 1.60. The molecule has 0 spiro atoms. The molecule has 94 valence electrons. The van der Waals surface area contributed by atoms with Gasteiger partial charge >= 0.3 is 0 Å². The molecule has 3 N–H and O–H groups in total. The van der Waals surface area contributed by atoms with Crippen molar-refractivity contribution in [3.63, 3.8) is 0 Å². The number of aromatic nitrogens is 2. The van der Waals surface area contributed by atoms with E-state index in [2.05, 4.69) is 25.9 Å². The molecule has 1 saturated heterocycles. The summed E-state index contributed by atoms with van der Waals surface area (Å²) in [7, 11) is 0. The maximum absolute atomic E-state index is 4.60. The summed E-state index contributed by atoms with van der Waals surface area (Å²) in [6, 6.07) is 6.01. The Morgan fingerprint density at radius 2 is 2.33 bits per heavy atom. The van der Waals surface area contributed by atoms with Gasteiger partial charge in [0, 0.05) is 25.8 Å². The molecular weight excluding hydrogens is 246 g/mol. The van der Waals surface area contributed by atoms with Crippen molar-refractivity contribution in [2.75, 3.05) is 25.0 Å². The van der Waals surface area contributed by atoms with E-state index in [0.717, 1.165) is 36.0 Å². The van der Waals surface area contributed by atoms with Gasteiger partial charge in [0.2, 0.25) is 0 Å². The zero-order valence-electron chi connectivity index (χ0n) is 9.89. The molecule has 5 nitrogen and oxygen atoms in total. The normalized spacial score (nSPS) is 19.7. The zero-order valence-corrected chi connectivity index (χ0v) is 10.7. The fourth-order valence-electron chi connectivity index (χ4n) is 1.93. The second-order valence-corrected chi connectivity index (χ2v) is 5.02. The van der Waals surface area contributed by atoms with Crippen molar-refractivity contribution in [2.45, 2.75) is 6.17 Å². The third kappa shape index (κ3) is 2.66. The minimum Gasteiger partial charge on any atom is -0.354 e. The summed E-state index contributed by atoms with van der Waals surface area (Å²) < 4.78 is 0. The lowest BCUT2D eigenvalue weighted by Crippen LogP contribution is -2.52. The maximum Gasteiger partial charge on any atom is 0.127 e. The van der Waals surface area contributed by atoms with Gasteiger partial charge in [-0.2, -0.15) is 0 Å². The first kappa shape index (κ1) is 11.6. The molecule has 1 fully saturated rings. The van der Waals surface area contributed by atoms with Gasteiger partial charge < -0.3 is 10.6 Å². The van der Waals surface area contributed by atoms with Crippen LogP contribution in [-0.4, -0.2) is 35.8 Å². The molecule has 2 aromatic heterocycles. The Hall–Kier alpha value is -1.50. The number of thiazole rings is 1. The molecule has 0 amide bonds. The molecule has 0 aromatic carbocycles. The first-order chi connectivity index (χ1) is 8.92. The number of piperazine rings is 1. The van der Waals surface area contributed by atoms with E-state index in [9.17, 15) is 0 Å². The number of pyridine rings is 1. The average molecular weight is 261 g/mol. The number of nitrogens with one attached hydrogen (secondary N) is 3. The molecule has 6 heteroatoms. The molecule has 1 aliphatic heterocycles. The molecule has 0 saturated carbocycles. The molecule has 18 heavy (non-hydrogen) atoms. The van der Waals surface area contributed by atoms with E-state index >= 15 is 0 Å². The zero-order chi connectivity index (χ0) is 12.2. The molecule has 2 aromatic rings. The maximum atomic E-state index is 4.60. The SMILES string of the molecule is c1cc(NC2CNCCN2)nc(-c2cncs2)c1. The van der Waals surface area contributed by atoms with Crippen LogP contribution in [0.2, 0.25) is 0 Å². The van der Waals surface area contributed by atoms with Crippen LogP contribution in [0.3, 0.4) is 0 Å². The summed E-state index contributed by atoms with van der Waals surface area (Å²) in [4.78, 5) is 9.77. The lowest BCUT2D eigenvalue weighted by molar-refractivity contribution is 0.449. The van der Waals surface area contributed by atoms with Crippen LogP contribution in [0.4, 0.5) is 5.82 Å². The Kier molecular flexibility index (Phi) is 3.49. The highest BCUT2D eigenvalue weighted by molar-refractivity contribution is 7.13. The van der Waals surface area contributed by atoms with E-state index < -0.39 is 0 Å². The summed E-state index contributed by atoms with van der Waals surface area (Å²) in [6.45, 7) is 2.91. The molecule has 0 aliphatic carbocycles. The molecule has 3 heterocycles. The van der Waals surface area contributed by atoms with Gasteiger partial charge in [-0.3, -0.25) is 10.3 Å². The van der Waals surface area contributed by atoms with E-state index in [1.165, 1.54) is 0 Å². The predicted octanol–water partition coefficient (Wildman–Crippen LogP) is 1.14. The van der Waals surface area contributed by atoms with Crippen LogP contribution in [0.25, 0.3) is 10.6 Å². The summed E-state index contributed by atoms with van der Waals surface area (Å²) in [6.07, 6.45) is 2.08. The van der Waals surface area contributed by atoms with Crippen molar-refractivity contribution < 1.29 is 0 Å². The highest BCUT2D eigenvalue weighted by Gasteiger charge is 2.12. The Labute approximate surface area is 110 Å². The van der Waals surface area contributed by atoms with Crippen LogP contribution in [0, 0.1) is 0 Å². The van der Waals surface area contributed by atoms with Gasteiger partial charge in [0.25, 0.3) is 0 Å². The van der Waals surface area contributed by atoms with Crippen molar-refractivity contribution in [3.05, 3.63) is 29.9 Å². The topological polar surface area (TPSA) is 61.9 Å². The van der Waals surface area contributed by atoms with E-state index in [1.807, 2.05) is 29.9 Å². The molecule has 3 rings (SSSR count). The second-order valence-electron chi connectivity index (χ2n) is 4.13. The van der Waals surface area contributed by atoms with Gasteiger partial charge in [-0.1, -0.05) is 6.07 Å². The van der Waals surface area contributed by atoms with Crippen LogP contribution in [0.15, 0.2) is 29.9 Å². The summed E-state index contributed by atoms with van der Waals surface area (Å²) in [5.74, 6) is 0.891. The number of rotatable bonds is 3. The standard InChI is InChI=1S/C12H15N5S/c1-2-9(10-6-14-8-18-10)16-11(3-1)17-12-7-13-4-5-15-12/h1-3,6,8,12-13,15H,4-5,7H2,(H,16,17). The predicted molar refractivity (Wildman–Crippen MR) is 73.6 cm³/mol. The lowest BCUT2D eigenvalue weighted by Gasteiger charge is -2.25. The van der Waals surface area contributed by atoms with Crippen molar-refractivity contribution in [1.29, 1.82) is 0 Å². The number of hydrogen-bond donors (Lipinski definition) is 3. The highest BCUT2D eigenvalue weighted by atomic mass is 32.1. The fraction of sp³-hybridized carbons (Fsp3) is 0.333. The quantitative estimate of drug-likeness (QED) is 0.773. The van der Waals surface area contributed by atoms with Gasteiger partial charge in [-0.25, -0.2) is 4.98 Å². The highest BCUT2D eigenvalue weighted by Crippen LogP contribution is 2.22. The van der Waals surface area contributed by atoms with Crippen molar-refractivity contribution >= 4 is 17.2 Å². The van der Waals surface area contributed by atoms with Crippen molar-refractivity contribution in [1.82, 2.24) is 20.6 Å². The fourth-order valence-corrected chi connectivity index (χ4v) is 2.52. The van der Waals surface area contributed by atoms with Crippen LogP contribution < -0.4 is 16.0 Å². The Bertz CT molecular complexity index is 493. The van der Waals surface area contributed by atoms with Crippen molar-refractivity contribution in [2.24, 2.45) is 0 Å². The summed E-state index contributed by atoms with van der Waals surface area (Å²) in [5, 5.41) is 10.1. The average Bonchev–Trinajstić information content (AvgIpc) is 2.94. The minimum atomic E-state index is 0.239. The van der Waals surface area contributed by atoms with Crippen LogP contribution in [-0.2, 0) is 0 Å². The Balaban J connectivity index is 1.74. The van der Waals surface area contributed by atoms with E-state index in [1.54, 1.807) is 11.3 Å². The lowest BCUT2D eigenvalue weighted by atomic mass is 10.3. The molecule has 0 bridgehead atoms. The van der Waals surface area contributed by atoms with E-state index in [0.29, 0.717) is 0 Å². The summed E-state index contributed by atoms with van der Waals surface area (Å²) in [5.41, 5.74) is 2.79. The third-order valence-corrected chi connectivity index (χ3v) is 3.59. The van der Waals surface area contributed by atoms with Gasteiger partial charge in [-0.05, 0) is 12.1 Å². The molecule has 0 radical (unpaired) electrons. The Morgan fingerprint density at radius 1 is 1.33 bits per heavy atom. The van der Waals surface area contributed by atoms with Gasteiger partial charge in [0.15, 0.2) is 0 Å². The van der Waals surface area contributed by atoms with E-state index in [-0.39, 0.29) is 6.17 Å². The first-order valence-electron chi connectivity index (χ1n) is 5.98. The third-order valence-electron chi connectivity index (χ3n) is 2.80. The Morgan fingerprint density at radius 3 is 3.11 bits per heavy atom. The minimum absolute atomic E-state index is 0.239. The van der Waals surface area contributed by atoms with Crippen molar-refractivity contribution in [3.8, 4) is 10.6 Å². The number of anilines is 1. The van der Waals surface area contributed by atoms with Crippen LogP contribution >= 0.6 is 11.3 Å². The molecule has 1 atom stereocenters. The van der Waals surface area contributed by atoms with Gasteiger partial charge in [0.1, 0.15) is 5.82 Å². The molecular formula is C12H15N5S. The second kappa shape index (κ2) is 5.43. The molecule has 1 aliphatic rings. The van der Waals surface area contributed by atoms with Crippen LogP contribution in [0.5, 0.6) is 0 Å². The van der Waals surface area contributed by atoms with Gasteiger partial charge in [0.05, 0.1) is 22.2 Å². The monoisotopic (exact) mass is 261 g/mol. The smallest absolute Gasteiger partial charge is 0.127 e. The number of nitrogens with zero attached hydrogens (tertiary/aromatic N) is 2. The van der Waals surface area contributed by atoms with Crippen LogP contribution in [0.1, 0.15) is 0 Å². The largest absolute Gasteiger partial charge is 0.354 e. The first-order valence-corrected chi connectivity index (χ1v) is 6.86. The number of hydrogen-bond acceptors (Lipinski definition) is 6. The van der Waals surface area contributed by atoms with E-state index in [4.69, 9.17) is 0 Å².